The van der Waals surface area contributed by atoms with Gasteiger partial charge in [0.2, 0.25) is 0 Å². The van der Waals surface area contributed by atoms with Crippen molar-refractivity contribution in [3.63, 3.8) is 0 Å². The molecule has 0 radical (unpaired) electrons. The van der Waals surface area contributed by atoms with E-state index < -0.39 is 0 Å². The van der Waals surface area contributed by atoms with Gasteiger partial charge in [0.15, 0.2) is 5.96 Å². The number of pyridine rings is 1. The number of aromatic nitrogens is 1. The number of piperidine rings is 1. The molecule has 0 spiro atoms. The van der Waals surface area contributed by atoms with Crippen molar-refractivity contribution in [2.45, 2.75) is 38.8 Å². The SMILES string of the molecule is CCCN1CCC(NC(=NC)NCc2ccnc3ccccc23)CC1. The average Bonchev–Trinajstić information content (AvgIpc) is 2.66. The normalized spacial score (nSPS) is 17.0. The van der Waals surface area contributed by atoms with E-state index in [1.54, 1.807) is 0 Å². The van der Waals surface area contributed by atoms with Gasteiger partial charge in [-0.05, 0) is 43.5 Å². The number of likely N-dealkylation sites (tertiary alicyclic amines) is 1. The number of para-hydroxylation sites is 1. The third-order valence-electron chi connectivity index (χ3n) is 4.88. The molecule has 2 heterocycles. The molecule has 0 saturated carbocycles. The van der Waals surface area contributed by atoms with Crippen molar-refractivity contribution in [2.24, 2.45) is 4.99 Å². The Morgan fingerprint density at radius 1 is 1.24 bits per heavy atom. The van der Waals surface area contributed by atoms with Crippen LogP contribution in [-0.2, 0) is 6.54 Å². The summed E-state index contributed by atoms with van der Waals surface area (Å²) in [5, 5.41) is 8.24. The van der Waals surface area contributed by atoms with Crippen LogP contribution in [-0.4, -0.2) is 48.6 Å². The fourth-order valence-electron chi connectivity index (χ4n) is 3.49. The Hall–Kier alpha value is -2.14. The number of rotatable bonds is 5. The van der Waals surface area contributed by atoms with Crippen LogP contribution in [0, 0.1) is 0 Å². The number of benzene rings is 1. The van der Waals surface area contributed by atoms with E-state index in [1.807, 2.05) is 19.3 Å². The van der Waals surface area contributed by atoms with E-state index in [4.69, 9.17) is 0 Å². The summed E-state index contributed by atoms with van der Waals surface area (Å²) in [6.45, 7) is 6.57. The molecule has 0 bridgehead atoms. The van der Waals surface area contributed by atoms with Gasteiger partial charge in [0, 0.05) is 44.3 Å². The zero-order valence-electron chi connectivity index (χ0n) is 15.3. The number of nitrogens with one attached hydrogen (secondary N) is 2. The number of hydrogen-bond donors (Lipinski definition) is 2. The Morgan fingerprint density at radius 3 is 2.80 bits per heavy atom. The van der Waals surface area contributed by atoms with Gasteiger partial charge in [0.1, 0.15) is 0 Å². The van der Waals surface area contributed by atoms with Gasteiger partial charge >= 0.3 is 0 Å². The van der Waals surface area contributed by atoms with Gasteiger partial charge in [-0.25, -0.2) is 0 Å². The first-order valence-electron chi connectivity index (χ1n) is 9.32. The van der Waals surface area contributed by atoms with Crippen molar-refractivity contribution < 1.29 is 0 Å². The molecule has 1 fully saturated rings. The first-order chi connectivity index (χ1) is 12.3. The molecule has 1 aliphatic heterocycles. The highest BCUT2D eigenvalue weighted by Gasteiger charge is 2.19. The molecular formula is C20H29N5. The summed E-state index contributed by atoms with van der Waals surface area (Å²) in [6, 6.07) is 10.8. The molecule has 5 heteroatoms. The first-order valence-corrected chi connectivity index (χ1v) is 9.32. The van der Waals surface area contributed by atoms with Gasteiger partial charge in [-0.15, -0.1) is 0 Å². The molecular weight excluding hydrogens is 310 g/mol. The molecule has 1 aliphatic rings. The minimum atomic E-state index is 0.508. The van der Waals surface area contributed by atoms with Gasteiger partial charge in [-0.3, -0.25) is 9.98 Å². The van der Waals surface area contributed by atoms with Crippen molar-refractivity contribution in [1.29, 1.82) is 0 Å². The fraction of sp³-hybridized carbons (Fsp3) is 0.500. The Morgan fingerprint density at radius 2 is 2.04 bits per heavy atom. The molecule has 0 aliphatic carbocycles. The standard InChI is InChI=1S/C20H29N5/c1-3-12-25-13-9-17(10-14-25)24-20(21-2)23-15-16-8-11-22-19-7-5-4-6-18(16)19/h4-8,11,17H,3,9-10,12-15H2,1-2H3,(H2,21,23,24). The Kier molecular flexibility index (Phi) is 6.23. The first kappa shape index (κ1) is 17.7. The Balaban J connectivity index is 1.55. The van der Waals surface area contributed by atoms with Crippen molar-refractivity contribution in [3.05, 3.63) is 42.1 Å². The van der Waals surface area contributed by atoms with E-state index in [-0.39, 0.29) is 0 Å². The van der Waals surface area contributed by atoms with E-state index >= 15 is 0 Å². The second-order valence-electron chi connectivity index (χ2n) is 6.67. The maximum absolute atomic E-state index is 4.43. The molecule has 2 aromatic rings. The van der Waals surface area contributed by atoms with E-state index in [9.17, 15) is 0 Å². The summed E-state index contributed by atoms with van der Waals surface area (Å²) in [5.74, 6) is 0.884. The topological polar surface area (TPSA) is 52.5 Å². The average molecular weight is 339 g/mol. The maximum atomic E-state index is 4.43. The van der Waals surface area contributed by atoms with Crippen LogP contribution in [0.25, 0.3) is 10.9 Å². The molecule has 134 valence electrons. The summed E-state index contributed by atoms with van der Waals surface area (Å²) in [4.78, 5) is 11.4. The predicted molar refractivity (Wildman–Crippen MR) is 105 cm³/mol. The molecule has 0 amide bonds. The van der Waals surface area contributed by atoms with Gasteiger partial charge in [-0.2, -0.15) is 0 Å². The quantitative estimate of drug-likeness (QED) is 0.650. The highest BCUT2D eigenvalue weighted by atomic mass is 15.2. The van der Waals surface area contributed by atoms with Gasteiger partial charge in [-0.1, -0.05) is 25.1 Å². The van der Waals surface area contributed by atoms with E-state index in [0.717, 1.165) is 18.0 Å². The summed E-state index contributed by atoms with van der Waals surface area (Å²) >= 11 is 0. The molecule has 2 N–H and O–H groups in total. The number of guanidine groups is 1. The lowest BCUT2D eigenvalue weighted by molar-refractivity contribution is 0.206. The molecule has 1 aromatic carbocycles. The lowest BCUT2D eigenvalue weighted by Gasteiger charge is -2.32. The van der Waals surface area contributed by atoms with Crippen molar-refractivity contribution in [1.82, 2.24) is 20.5 Å². The Labute approximate surface area is 150 Å². The van der Waals surface area contributed by atoms with E-state index in [2.05, 4.69) is 56.7 Å². The second-order valence-corrected chi connectivity index (χ2v) is 6.67. The van der Waals surface area contributed by atoms with Crippen molar-refractivity contribution in [2.75, 3.05) is 26.7 Å². The summed E-state index contributed by atoms with van der Waals surface area (Å²) in [7, 11) is 1.84. The fourth-order valence-corrected chi connectivity index (χ4v) is 3.49. The summed E-state index contributed by atoms with van der Waals surface area (Å²) < 4.78 is 0. The molecule has 25 heavy (non-hydrogen) atoms. The zero-order chi connectivity index (χ0) is 17.5. The number of aliphatic imine (C=N–C) groups is 1. The zero-order valence-corrected chi connectivity index (χ0v) is 15.3. The second kappa shape index (κ2) is 8.81. The smallest absolute Gasteiger partial charge is 0.191 e. The molecule has 1 aromatic heterocycles. The largest absolute Gasteiger partial charge is 0.354 e. The molecule has 5 nitrogen and oxygen atoms in total. The Bertz CT molecular complexity index is 699. The summed E-state index contributed by atoms with van der Waals surface area (Å²) in [5.41, 5.74) is 2.28. The van der Waals surface area contributed by atoms with Crippen molar-refractivity contribution >= 4 is 16.9 Å². The third-order valence-corrected chi connectivity index (χ3v) is 4.88. The molecule has 3 rings (SSSR count). The van der Waals surface area contributed by atoms with Crippen LogP contribution in [0.15, 0.2) is 41.5 Å². The minimum Gasteiger partial charge on any atom is -0.354 e. The lowest BCUT2D eigenvalue weighted by atomic mass is 10.1. The highest BCUT2D eigenvalue weighted by Crippen LogP contribution is 2.16. The van der Waals surface area contributed by atoms with E-state index in [0.29, 0.717) is 6.04 Å². The van der Waals surface area contributed by atoms with E-state index in [1.165, 1.54) is 49.8 Å². The van der Waals surface area contributed by atoms with Crippen LogP contribution in [0.4, 0.5) is 0 Å². The summed E-state index contributed by atoms with van der Waals surface area (Å²) in [6.07, 6.45) is 5.47. The van der Waals surface area contributed by atoms with Crippen molar-refractivity contribution in [3.8, 4) is 0 Å². The van der Waals surface area contributed by atoms with Gasteiger partial charge in [0.25, 0.3) is 0 Å². The van der Waals surface area contributed by atoms with Crippen LogP contribution >= 0.6 is 0 Å². The van der Waals surface area contributed by atoms with Crippen LogP contribution in [0.1, 0.15) is 31.7 Å². The van der Waals surface area contributed by atoms with Crippen LogP contribution in [0.2, 0.25) is 0 Å². The monoisotopic (exact) mass is 339 g/mol. The van der Waals surface area contributed by atoms with Crippen LogP contribution in [0.3, 0.4) is 0 Å². The highest BCUT2D eigenvalue weighted by molar-refractivity contribution is 5.83. The van der Waals surface area contributed by atoms with Crippen LogP contribution < -0.4 is 10.6 Å². The number of nitrogens with zero attached hydrogens (tertiary/aromatic N) is 3. The van der Waals surface area contributed by atoms with Gasteiger partial charge in [0.05, 0.1) is 5.52 Å². The number of fused-ring (bicyclic) bond motifs is 1. The lowest BCUT2D eigenvalue weighted by Crippen LogP contribution is -2.48. The molecule has 0 unspecified atom stereocenters. The molecule has 1 saturated heterocycles. The molecule has 0 atom stereocenters. The predicted octanol–water partition coefficient (Wildman–Crippen LogP) is 2.77. The van der Waals surface area contributed by atoms with Gasteiger partial charge < -0.3 is 15.5 Å². The minimum absolute atomic E-state index is 0.508. The third kappa shape index (κ3) is 4.69. The van der Waals surface area contributed by atoms with Crippen LogP contribution in [0.5, 0.6) is 0 Å². The number of hydrogen-bond acceptors (Lipinski definition) is 3. The maximum Gasteiger partial charge on any atom is 0.191 e.